The molecule has 3 N–H and O–H groups in total. The second kappa shape index (κ2) is 6.43. The summed E-state index contributed by atoms with van der Waals surface area (Å²) in [6.07, 6.45) is 0.786. The zero-order valence-electron chi connectivity index (χ0n) is 17.0. The van der Waals surface area contributed by atoms with E-state index >= 15 is 0 Å². The van der Waals surface area contributed by atoms with Gasteiger partial charge < -0.3 is 15.2 Å². The van der Waals surface area contributed by atoms with E-state index < -0.39 is 5.41 Å². The highest BCUT2D eigenvalue weighted by atomic mass is 16.5. The maximum Gasteiger partial charge on any atom is 0.235 e. The summed E-state index contributed by atoms with van der Waals surface area (Å²) in [6, 6.07) is 19.8. The van der Waals surface area contributed by atoms with Crippen LogP contribution in [0.15, 0.2) is 60.7 Å². The minimum absolute atomic E-state index is 0.0245. The van der Waals surface area contributed by atoms with Gasteiger partial charge >= 0.3 is 0 Å². The maximum atomic E-state index is 12.9. The van der Waals surface area contributed by atoms with Crippen LogP contribution < -0.4 is 10.1 Å². The number of rotatable bonds is 4. The van der Waals surface area contributed by atoms with Gasteiger partial charge in [0.2, 0.25) is 5.91 Å². The van der Waals surface area contributed by atoms with E-state index in [4.69, 9.17) is 4.74 Å². The SMILES string of the molecule is COc1ccc2c(c1)[C@]1(C[C@H]1c1ccc3c(-c4ccc(CO)cc4)n[nH]c3c1)C(=O)N2. The van der Waals surface area contributed by atoms with Gasteiger partial charge in [-0.05, 0) is 47.4 Å². The molecule has 6 heteroatoms. The Morgan fingerprint density at radius 2 is 1.97 bits per heavy atom. The molecule has 1 aromatic heterocycles. The van der Waals surface area contributed by atoms with Gasteiger partial charge in [0.05, 0.1) is 30.3 Å². The number of hydrogen-bond acceptors (Lipinski definition) is 4. The number of aromatic amines is 1. The molecule has 1 fully saturated rings. The zero-order valence-corrected chi connectivity index (χ0v) is 17.0. The summed E-state index contributed by atoms with van der Waals surface area (Å²) in [4.78, 5) is 12.9. The molecule has 0 saturated heterocycles. The van der Waals surface area contributed by atoms with Crippen molar-refractivity contribution in [3.8, 4) is 17.0 Å². The largest absolute Gasteiger partial charge is 0.497 e. The first kappa shape index (κ1) is 18.2. The highest BCUT2D eigenvalue weighted by molar-refractivity contribution is 6.10. The fourth-order valence-electron chi connectivity index (χ4n) is 4.94. The number of fused-ring (bicyclic) bond motifs is 3. The van der Waals surface area contributed by atoms with Crippen molar-refractivity contribution >= 4 is 22.5 Å². The second-order valence-corrected chi connectivity index (χ2v) is 8.33. The van der Waals surface area contributed by atoms with Gasteiger partial charge in [0.1, 0.15) is 5.75 Å². The Labute approximate surface area is 178 Å². The van der Waals surface area contributed by atoms with Crippen LogP contribution in [0.1, 0.15) is 29.0 Å². The second-order valence-electron chi connectivity index (χ2n) is 8.33. The van der Waals surface area contributed by atoms with Crippen molar-refractivity contribution in [2.45, 2.75) is 24.4 Å². The molecule has 154 valence electrons. The molecule has 1 aliphatic carbocycles. The molecule has 0 unspecified atom stereocenters. The van der Waals surface area contributed by atoms with Crippen LogP contribution >= 0.6 is 0 Å². The van der Waals surface area contributed by atoms with Gasteiger partial charge in [0.15, 0.2) is 0 Å². The Morgan fingerprint density at radius 1 is 1.13 bits per heavy atom. The number of carbonyl (C=O) groups excluding carboxylic acids is 1. The van der Waals surface area contributed by atoms with Crippen molar-refractivity contribution in [3.63, 3.8) is 0 Å². The monoisotopic (exact) mass is 411 g/mol. The van der Waals surface area contributed by atoms with Crippen molar-refractivity contribution in [1.82, 2.24) is 10.2 Å². The number of H-pyrrole nitrogens is 1. The Morgan fingerprint density at radius 3 is 2.74 bits per heavy atom. The van der Waals surface area contributed by atoms with E-state index in [-0.39, 0.29) is 18.4 Å². The highest BCUT2D eigenvalue weighted by Gasteiger charge is 2.65. The average Bonchev–Trinajstić information content (AvgIpc) is 3.34. The topological polar surface area (TPSA) is 87.2 Å². The van der Waals surface area contributed by atoms with Crippen molar-refractivity contribution < 1.29 is 14.6 Å². The summed E-state index contributed by atoms with van der Waals surface area (Å²) < 4.78 is 5.39. The van der Waals surface area contributed by atoms with Crippen LogP contribution in [0.2, 0.25) is 0 Å². The number of carbonyl (C=O) groups is 1. The minimum atomic E-state index is -0.513. The standard InChI is InChI=1S/C25H21N3O3/c1-31-17-7-9-21-19(11-17)25(24(30)26-21)12-20(25)16-6-8-18-22(10-16)27-28-23(18)15-4-2-14(13-29)3-5-15/h2-11,20,29H,12-13H2,1H3,(H,26,30)(H,27,28)/t20-,25-/m0/s1. The van der Waals surface area contributed by atoms with Crippen molar-refractivity contribution in [3.05, 3.63) is 77.4 Å². The van der Waals surface area contributed by atoms with E-state index in [2.05, 4.69) is 33.7 Å². The van der Waals surface area contributed by atoms with Crippen molar-refractivity contribution in [2.24, 2.45) is 0 Å². The molecule has 0 bridgehead atoms. The smallest absolute Gasteiger partial charge is 0.235 e. The number of aliphatic hydroxyl groups excluding tert-OH is 1. The summed E-state index contributed by atoms with van der Waals surface area (Å²) in [5, 5.41) is 21.0. The van der Waals surface area contributed by atoms with Crippen LogP contribution in [-0.4, -0.2) is 28.3 Å². The quantitative estimate of drug-likeness (QED) is 0.472. The lowest BCUT2D eigenvalue weighted by molar-refractivity contribution is -0.118. The number of ether oxygens (including phenoxy) is 1. The maximum absolute atomic E-state index is 12.9. The fourth-order valence-corrected chi connectivity index (χ4v) is 4.94. The first-order valence-corrected chi connectivity index (χ1v) is 10.3. The summed E-state index contributed by atoms with van der Waals surface area (Å²) in [5.41, 5.74) is 6.22. The molecule has 2 heterocycles. The van der Waals surface area contributed by atoms with Gasteiger partial charge in [-0.3, -0.25) is 9.89 Å². The van der Waals surface area contributed by atoms with Gasteiger partial charge in [-0.1, -0.05) is 36.4 Å². The van der Waals surface area contributed by atoms with Gasteiger partial charge in [0, 0.05) is 22.6 Å². The molecular weight excluding hydrogens is 390 g/mol. The number of aromatic nitrogens is 2. The number of anilines is 1. The van der Waals surface area contributed by atoms with Crippen LogP contribution in [0.4, 0.5) is 5.69 Å². The summed E-state index contributed by atoms with van der Waals surface area (Å²) in [5.74, 6) is 0.956. The minimum Gasteiger partial charge on any atom is -0.497 e. The normalized spacial score (nSPS) is 21.4. The van der Waals surface area contributed by atoms with E-state index in [1.165, 1.54) is 0 Å². The third-order valence-electron chi connectivity index (χ3n) is 6.72. The molecule has 1 aliphatic heterocycles. The summed E-state index contributed by atoms with van der Waals surface area (Å²) >= 11 is 0. The zero-order chi connectivity index (χ0) is 21.2. The van der Waals surface area contributed by atoms with Crippen LogP contribution in [0.25, 0.3) is 22.2 Å². The van der Waals surface area contributed by atoms with Gasteiger partial charge in [-0.15, -0.1) is 0 Å². The lowest BCUT2D eigenvalue weighted by Crippen LogP contribution is -2.21. The molecular formula is C25H21N3O3. The highest BCUT2D eigenvalue weighted by Crippen LogP contribution is 2.65. The van der Waals surface area contributed by atoms with Gasteiger partial charge in [-0.2, -0.15) is 5.10 Å². The van der Waals surface area contributed by atoms with Crippen LogP contribution in [0, 0.1) is 0 Å². The average molecular weight is 411 g/mol. The number of benzene rings is 3. The number of amides is 1. The molecule has 6 nitrogen and oxygen atoms in total. The van der Waals surface area contributed by atoms with Crippen molar-refractivity contribution in [2.75, 3.05) is 12.4 Å². The van der Waals surface area contributed by atoms with E-state index in [0.29, 0.717) is 0 Å². The van der Waals surface area contributed by atoms with Crippen LogP contribution in [0.5, 0.6) is 5.75 Å². The lowest BCUT2D eigenvalue weighted by atomic mass is 9.91. The first-order valence-electron chi connectivity index (χ1n) is 10.3. The molecule has 3 aromatic carbocycles. The number of hydrogen-bond donors (Lipinski definition) is 3. The molecule has 0 radical (unpaired) electrons. The number of nitrogens with zero attached hydrogens (tertiary/aromatic N) is 1. The molecule has 1 saturated carbocycles. The predicted octanol–water partition coefficient (Wildman–Crippen LogP) is 4.11. The Hall–Kier alpha value is -3.64. The van der Waals surface area contributed by atoms with Gasteiger partial charge in [0.25, 0.3) is 0 Å². The Bertz CT molecular complexity index is 1340. The number of nitrogens with one attached hydrogen (secondary N) is 2. The molecule has 2 atom stereocenters. The molecule has 2 aliphatic rings. The van der Waals surface area contributed by atoms with E-state index in [9.17, 15) is 9.90 Å². The summed E-state index contributed by atoms with van der Waals surface area (Å²) in [7, 11) is 1.64. The third-order valence-corrected chi connectivity index (χ3v) is 6.72. The molecule has 1 amide bonds. The molecule has 1 spiro atoms. The van der Waals surface area contributed by atoms with E-state index in [0.717, 1.165) is 56.7 Å². The lowest BCUT2D eigenvalue weighted by Gasteiger charge is -2.10. The fraction of sp³-hybridized carbons (Fsp3) is 0.200. The first-order chi connectivity index (χ1) is 15.1. The molecule has 6 rings (SSSR count). The van der Waals surface area contributed by atoms with Crippen molar-refractivity contribution in [1.29, 1.82) is 0 Å². The third kappa shape index (κ3) is 2.55. The summed E-state index contributed by atoms with van der Waals surface area (Å²) in [6.45, 7) is 0.0245. The van der Waals surface area contributed by atoms with Crippen LogP contribution in [-0.2, 0) is 16.8 Å². The van der Waals surface area contributed by atoms with Gasteiger partial charge in [-0.25, -0.2) is 0 Å². The number of methoxy groups -OCH3 is 1. The van der Waals surface area contributed by atoms with E-state index in [1.807, 2.05) is 42.5 Å². The number of aliphatic hydroxyl groups is 1. The van der Waals surface area contributed by atoms with Crippen LogP contribution in [0.3, 0.4) is 0 Å². The Kier molecular flexibility index (Phi) is 3.76. The van der Waals surface area contributed by atoms with E-state index in [1.54, 1.807) is 7.11 Å². The predicted molar refractivity (Wildman–Crippen MR) is 118 cm³/mol. The Balaban J connectivity index is 1.36. The molecule has 4 aromatic rings. The molecule has 31 heavy (non-hydrogen) atoms.